The Morgan fingerprint density at radius 1 is 1.19 bits per heavy atom. The van der Waals surface area contributed by atoms with Gasteiger partial charge in [0.05, 0.1) is 5.54 Å². The van der Waals surface area contributed by atoms with E-state index in [0.717, 1.165) is 15.6 Å². The van der Waals surface area contributed by atoms with Gasteiger partial charge in [0.2, 0.25) is 0 Å². The Morgan fingerprint density at radius 3 is 2.56 bits per heavy atom. The number of pyridine rings is 1. The fourth-order valence-electron chi connectivity index (χ4n) is 1.65. The number of nitrogens with zero attached hydrogens (tertiary/aromatic N) is 1. The molecule has 82 valence electrons. The molecule has 16 heavy (non-hydrogen) atoms. The molecule has 1 unspecified atom stereocenters. The van der Waals surface area contributed by atoms with Crippen molar-refractivity contribution in [2.24, 2.45) is 5.73 Å². The van der Waals surface area contributed by atoms with E-state index in [1.807, 2.05) is 43.3 Å². The van der Waals surface area contributed by atoms with Crippen LogP contribution in [0.2, 0.25) is 0 Å². The van der Waals surface area contributed by atoms with Crippen LogP contribution < -0.4 is 5.73 Å². The second-order valence-corrected chi connectivity index (χ2v) is 4.87. The van der Waals surface area contributed by atoms with Crippen molar-refractivity contribution in [1.29, 1.82) is 0 Å². The zero-order valence-corrected chi connectivity index (χ0v) is 10.6. The molecular weight excluding hydrogens is 264 g/mol. The Morgan fingerprint density at radius 2 is 1.94 bits per heavy atom. The molecule has 0 aliphatic carbocycles. The highest BCUT2D eigenvalue weighted by molar-refractivity contribution is 9.10. The SMILES string of the molecule is CC(N)(c1cccnc1)c1cccc(Br)c1. The first kappa shape index (κ1) is 11.3. The second kappa shape index (κ2) is 4.36. The lowest BCUT2D eigenvalue weighted by Crippen LogP contribution is -2.34. The van der Waals surface area contributed by atoms with Gasteiger partial charge in [0.25, 0.3) is 0 Å². The minimum Gasteiger partial charge on any atom is -0.318 e. The summed E-state index contributed by atoms with van der Waals surface area (Å²) in [7, 11) is 0. The first-order chi connectivity index (χ1) is 7.60. The lowest BCUT2D eigenvalue weighted by molar-refractivity contribution is 0.600. The topological polar surface area (TPSA) is 38.9 Å². The van der Waals surface area contributed by atoms with Crippen LogP contribution in [-0.4, -0.2) is 4.98 Å². The van der Waals surface area contributed by atoms with Gasteiger partial charge in [-0.3, -0.25) is 4.98 Å². The number of nitrogens with two attached hydrogens (primary N) is 1. The van der Waals surface area contributed by atoms with E-state index in [-0.39, 0.29) is 0 Å². The fraction of sp³-hybridized carbons (Fsp3) is 0.154. The van der Waals surface area contributed by atoms with Crippen LogP contribution in [0.1, 0.15) is 18.1 Å². The van der Waals surface area contributed by atoms with E-state index < -0.39 is 5.54 Å². The smallest absolute Gasteiger partial charge is 0.0652 e. The van der Waals surface area contributed by atoms with E-state index in [0.29, 0.717) is 0 Å². The molecule has 0 saturated carbocycles. The molecule has 0 fully saturated rings. The van der Waals surface area contributed by atoms with Crippen LogP contribution in [0.3, 0.4) is 0 Å². The molecule has 2 N–H and O–H groups in total. The predicted molar refractivity (Wildman–Crippen MR) is 69.0 cm³/mol. The summed E-state index contributed by atoms with van der Waals surface area (Å²) in [6.07, 6.45) is 3.56. The largest absolute Gasteiger partial charge is 0.318 e. The van der Waals surface area contributed by atoms with E-state index >= 15 is 0 Å². The van der Waals surface area contributed by atoms with Crippen molar-refractivity contribution in [1.82, 2.24) is 4.98 Å². The normalized spacial score (nSPS) is 14.4. The quantitative estimate of drug-likeness (QED) is 0.916. The molecule has 2 rings (SSSR count). The molecule has 3 heteroatoms. The average molecular weight is 277 g/mol. The lowest BCUT2D eigenvalue weighted by atomic mass is 9.87. The molecule has 0 saturated heterocycles. The summed E-state index contributed by atoms with van der Waals surface area (Å²) < 4.78 is 1.03. The minimum atomic E-state index is -0.516. The van der Waals surface area contributed by atoms with Crippen LogP contribution >= 0.6 is 15.9 Å². The summed E-state index contributed by atoms with van der Waals surface area (Å²) in [4.78, 5) is 4.11. The number of rotatable bonds is 2. The van der Waals surface area contributed by atoms with Gasteiger partial charge >= 0.3 is 0 Å². The molecule has 0 amide bonds. The monoisotopic (exact) mass is 276 g/mol. The molecule has 1 atom stereocenters. The van der Waals surface area contributed by atoms with Gasteiger partial charge in [-0.05, 0) is 36.2 Å². The number of halogens is 1. The zero-order chi connectivity index (χ0) is 11.6. The Hall–Kier alpha value is -1.19. The van der Waals surface area contributed by atoms with Crippen LogP contribution in [0.4, 0.5) is 0 Å². The highest BCUT2D eigenvalue weighted by atomic mass is 79.9. The third kappa shape index (κ3) is 2.15. The molecule has 0 bridgehead atoms. The van der Waals surface area contributed by atoms with Crippen molar-refractivity contribution in [3.05, 3.63) is 64.4 Å². The van der Waals surface area contributed by atoms with Gasteiger partial charge in [-0.1, -0.05) is 34.1 Å². The third-order valence-corrected chi connectivity index (χ3v) is 3.18. The molecule has 1 heterocycles. The van der Waals surface area contributed by atoms with Crippen LogP contribution in [0.5, 0.6) is 0 Å². The van der Waals surface area contributed by atoms with Crippen molar-refractivity contribution in [2.45, 2.75) is 12.5 Å². The summed E-state index contributed by atoms with van der Waals surface area (Å²) in [5, 5.41) is 0. The van der Waals surface area contributed by atoms with Crippen molar-refractivity contribution in [2.75, 3.05) is 0 Å². The number of benzene rings is 1. The summed E-state index contributed by atoms with van der Waals surface area (Å²) in [6.45, 7) is 1.99. The lowest BCUT2D eigenvalue weighted by Gasteiger charge is -2.25. The molecule has 2 nitrogen and oxygen atoms in total. The highest BCUT2D eigenvalue weighted by Gasteiger charge is 2.23. The molecule has 0 aliphatic rings. The summed E-state index contributed by atoms with van der Waals surface area (Å²) in [6, 6.07) is 11.9. The van der Waals surface area contributed by atoms with Gasteiger partial charge in [0.1, 0.15) is 0 Å². The Labute approximate surface area is 104 Å². The maximum Gasteiger partial charge on any atom is 0.0652 e. The number of aromatic nitrogens is 1. The maximum absolute atomic E-state index is 6.37. The van der Waals surface area contributed by atoms with E-state index in [4.69, 9.17) is 5.73 Å². The van der Waals surface area contributed by atoms with Gasteiger partial charge in [0, 0.05) is 16.9 Å². The predicted octanol–water partition coefficient (Wildman–Crippen LogP) is 3.07. The Bertz CT molecular complexity index is 480. The molecule has 0 aliphatic heterocycles. The molecule has 0 spiro atoms. The van der Waals surface area contributed by atoms with E-state index in [9.17, 15) is 0 Å². The van der Waals surface area contributed by atoms with Crippen molar-refractivity contribution in [3.8, 4) is 0 Å². The first-order valence-corrected chi connectivity index (χ1v) is 5.85. The van der Waals surface area contributed by atoms with E-state index in [1.165, 1.54) is 0 Å². The van der Waals surface area contributed by atoms with Gasteiger partial charge < -0.3 is 5.73 Å². The molecule has 2 aromatic rings. The zero-order valence-electron chi connectivity index (χ0n) is 9.02. The molecular formula is C13H13BrN2. The molecule has 1 aromatic carbocycles. The van der Waals surface area contributed by atoms with Crippen molar-refractivity contribution in [3.63, 3.8) is 0 Å². The minimum absolute atomic E-state index is 0.516. The maximum atomic E-state index is 6.37. The summed E-state index contributed by atoms with van der Waals surface area (Å²) in [5.41, 5.74) is 7.92. The van der Waals surface area contributed by atoms with Crippen molar-refractivity contribution < 1.29 is 0 Å². The van der Waals surface area contributed by atoms with Crippen LogP contribution in [0, 0.1) is 0 Å². The van der Waals surface area contributed by atoms with Crippen LogP contribution in [-0.2, 0) is 5.54 Å². The summed E-state index contributed by atoms with van der Waals surface area (Å²) in [5.74, 6) is 0. The third-order valence-electron chi connectivity index (χ3n) is 2.69. The standard InChI is InChI=1S/C13H13BrN2/c1-13(15,11-5-3-7-16-9-11)10-4-2-6-12(14)8-10/h2-9H,15H2,1H3. The van der Waals surface area contributed by atoms with E-state index in [2.05, 4.69) is 20.9 Å². The highest BCUT2D eigenvalue weighted by Crippen LogP contribution is 2.27. The van der Waals surface area contributed by atoms with Gasteiger partial charge in [0.15, 0.2) is 0 Å². The number of hydrogen-bond acceptors (Lipinski definition) is 2. The van der Waals surface area contributed by atoms with E-state index in [1.54, 1.807) is 12.4 Å². The Balaban J connectivity index is 2.47. The van der Waals surface area contributed by atoms with Crippen LogP contribution in [0.15, 0.2) is 53.3 Å². The van der Waals surface area contributed by atoms with Crippen LogP contribution in [0.25, 0.3) is 0 Å². The second-order valence-electron chi connectivity index (χ2n) is 3.95. The molecule has 1 aromatic heterocycles. The molecule has 0 radical (unpaired) electrons. The Kier molecular flexibility index (Phi) is 3.08. The van der Waals surface area contributed by atoms with Gasteiger partial charge in [-0.15, -0.1) is 0 Å². The first-order valence-electron chi connectivity index (χ1n) is 5.06. The average Bonchev–Trinajstić information content (AvgIpc) is 2.30. The fourth-order valence-corrected chi connectivity index (χ4v) is 2.05. The van der Waals surface area contributed by atoms with Gasteiger partial charge in [-0.25, -0.2) is 0 Å². The summed E-state index contributed by atoms with van der Waals surface area (Å²) >= 11 is 3.46. The van der Waals surface area contributed by atoms with Crippen molar-refractivity contribution >= 4 is 15.9 Å². The number of hydrogen-bond donors (Lipinski definition) is 1. The van der Waals surface area contributed by atoms with Gasteiger partial charge in [-0.2, -0.15) is 0 Å².